The number of amides is 4. The van der Waals surface area contributed by atoms with Gasteiger partial charge in [-0.25, -0.2) is 4.79 Å². The van der Waals surface area contributed by atoms with Crippen LogP contribution in [0.4, 0.5) is 0 Å². The Bertz CT molecular complexity index is 1650. The molecule has 12 heteroatoms. The van der Waals surface area contributed by atoms with Gasteiger partial charge in [-0.15, -0.1) is 0 Å². The maximum Gasteiger partial charge on any atom is 0.326 e. The van der Waals surface area contributed by atoms with Crippen LogP contribution < -0.4 is 26.0 Å². The number of aliphatic carboxylic acids is 1. The summed E-state index contributed by atoms with van der Waals surface area (Å²) in [5.41, 5.74) is 1.49. The Balaban J connectivity index is 1.72. The Morgan fingerprint density at radius 3 is 1.77 bits per heavy atom. The summed E-state index contributed by atoms with van der Waals surface area (Å²) in [5.74, 6) is -3.20. The first-order valence-corrected chi connectivity index (χ1v) is 18.1. The first-order chi connectivity index (χ1) is 25.2. The Kier molecular flexibility index (Phi) is 16.5. The van der Waals surface area contributed by atoms with Crippen molar-refractivity contribution in [3.05, 3.63) is 96.1 Å². The van der Waals surface area contributed by atoms with Gasteiger partial charge in [0, 0.05) is 0 Å². The number of hydrogen-bond acceptors (Lipinski definition) is 7. The average molecular weight is 731 g/mol. The summed E-state index contributed by atoms with van der Waals surface area (Å²) in [6, 6.07) is 21.5. The van der Waals surface area contributed by atoms with E-state index in [2.05, 4.69) is 21.3 Å². The van der Waals surface area contributed by atoms with Crippen LogP contribution in [0, 0.1) is 17.8 Å². The van der Waals surface area contributed by atoms with Gasteiger partial charge in [0.1, 0.15) is 29.6 Å². The van der Waals surface area contributed by atoms with Crippen LogP contribution in [0.5, 0.6) is 11.5 Å². The van der Waals surface area contributed by atoms with Crippen molar-refractivity contribution < 1.29 is 38.9 Å². The van der Waals surface area contributed by atoms with E-state index >= 15 is 0 Å². The van der Waals surface area contributed by atoms with Gasteiger partial charge in [-0.05, 0) is 59.6 Å². The molecule has 0 aliphatic carbocycles. The lowest BCUT2D eigenvalue weighted by Crippen LogP contribution is -2.57. The van der Waals surface area contributed by atoms with Crippen molar-refractivity contribution in [1.29, 1.82) is 0 Å². The molecule has 3 aromatic rings. The summed E-state index contributed by atoms with van der Waals surface area (Å²) in [6.07, 6.45) is -1.14. The molecule has 0 aromatic heterocycles. The van der Waals surface area contributed by atoms with E-state index in [4.69, 9.17) is 4.74 Å². The second-order valence-electron chi connectivity index (χ2n) is 14.1. The Hall–Kier alpha value is -5.23. The van der Waals surface area contributed by atoms with Crippen molar-refractivity contribution in [3.63, 3.8) is 0 Å². The normalized spacial score (nSPS) is 14.6. The zero-order valence-corrected chi connectivity index (χ0v) is 31.4. The van der Waals surface area contributed by atoms with Crippen molar-refractivity contribution in [1.82, 2.24) is 21.3 Å². The van der Waals surface area contributed by atoms with Gasteiger partial charge >= 0.3 is 5.97 Å². The van der Waals surface area contributed by atoms with E-state index in [1.807, 2.05) is 67.6 Å². The lowest BCUT2D eigenvalue weighted by Gasteiger charge is -2.30. The number of rotatable bonds is 20. The highest BCUT2D eigenvalue weighted by Gasteiger charge is 2.34. The van der Waals surface area contributed by atoms with Crippen LogP contribution in [0.1, 0.15) is 65.5 Å². The van der Waals surface area contributed by atoms with Crippen LogP contribution in [-0.4, -0.2) is 70.1 Å². The van der Waals surface area contributed by atoms with Crippen LogP contribution in [0.2, 0.25) is 0 Å². The minimum Gasteiger partial charge on any atom is -0.480 e. The molecule has 3 aromatic carbocycles. The highest BCUT2D eigenvalue weighted by molar-refractivity contribution is 5.91. The zero-order chi connectivity index (χ0) is 39.1. The number of carbonyl (C=O) groups is 5. The molecule has 0 bridgehead atoms. The third kappa shape index (κ3) is 13.7. The highest BCUT2D eigenvalue weighted by atomic mass is 16.5. The van der Waals surface area contributed by atoms with Crippen LogP contribution in [0.15, 0.2) is 84.9 Å². The molecule has 0 saturated carbocycles. The molecule has 2 unspecified atom stereocenters. The lowest BCUT2D eigenvalue weighted by molar-refractivity contribution is -0.143. The van der Waals surface area contributed by atoms with Crippen LogP contribution >= 0.6 is 0 Å². The molecular formula is C41H54N4O8. The number of carboxylic acids is 1. The van der Waals surface area contributed by atoms with Gasteiger partial charge in [-0.3, -0.25) is 19.2 Å². The minimum atomic E-state index is -1.38. The molecule has 6 N–H and O–H groups in total. The van der Waals surface area contributed by atoms with E-state index in [0.29, 0.717) is 23.5 Å². The molecule has 53 heavy (non-hydrogen) atoms. The molecule has 0 spiro atoms. The number of para-hydroxylation sites is 1. The standard InChI is InChI=1S/C41H54N4O8/c1-7-27(6)38(40(50)45-37(26(4)5)41(51)52)44-35(48)24-33(46)32(22-28-15-10-8-11-16-28)42-39(49)36(25(2)3)43-34(47)23-29-17-14-20-31(21-29)53-30-18-12-9-13-19-30/h8-21,25-27,32-33,36-38,46H,7,22-24H2,1-6H3,(H,42,49)(H,43,47)(H,44,48)(H,45,50)(H,51,52)/t27-,32?,33?,36-,37-,38-/m0/s1. The van der Waals surface area contributed by atoms with E-state index in [9.17, 15) is 34.2 Å². The van der Waals surface area contributed by atoms with Crippen LogP contribution in [0.25, 0.3) is 0 Å². The largest absolute Gasteiger partial charge is 0.480 e. The van der Waals surface area contributed by atoms with Crippen molar-refractivity contribution in [3.8, 4) is 11.5 Å². The van der Waals surface area contributed by atoms with Crippen molar-refractivity contribution in [2.45, 2.75) is 97.5 Å². The van der Waals surface area contributed by atoms with Gasteiger partial charge in [-0.2, -0.15) is 0 Å². The summed E-state index contributed by atoms with van der Waals surface area (Å²) in [6.45, 7) is 10.5. The maximum absolute atomic E-state index is 13.8. The second-order valence-corrected chi connectivity index (χ2v) is 14.1. The number of benzene rings is 3. The van der Waals surface area contributed by atoms with Crippen LogP contribution in [0.3, 0.4) is 0 Å². The fraction of sp³-hybridized carbons (Fsp3) is 0.439. The summed E-state index contributed by atoms with van der Waals surface area (Å²) in [7, 11) is 0. The molecule has 0 heterocycles. The number of aliphatic hydroxyl groups is 1. The van der Waals surface area contributed by atoms with Crippen LogP contribution in [-0.2, 0) is 36.8 Å². The molecule has 4 amide bonds. The second kappa shape index (κ2) is 20.7. The van der Waals surface area contributed by atoms with Gasteiger partial charge in [-0.1, -0.05) is 109 Å². The third-order valence-corrected chi connectivity index (χ3v) is 9.04. The van der Waals surface area contributed by atoms with Gasteiger partial charge in [0.2, 0.25) is 23.6 Å². The highest BCUT2D eigenvalue weighted by Crippen LogP contribution is 2.22. The zero-order valence-electron chi connectivity index (χ0n) is 31.4. The maximum atomic E-state index is 13.8. The number of aliphatic hydroxyl groups excluding tert-OH is 1. The quantitative estimate of drug-likeness (QED) is 0.0989. The molecule has 286 valence electrons. The number of carbonyl (C=O) groups excluding carboxylic acids is 4. The molecule has 0 radical (unpaired) electrons. The molecular weight excluding hydrogens is 676 g/mol. The molecule has 12 nitrogen and oxygen atoms in total. The fourth-order valence-electron chi connectivity index (χ4n) is 5.74. The van der Waals surface area contributed by atoms with Gasteiger partial charge < -0.3 is 36.2 Å². The number of nitrogens with one attached hydrogen (secondary N) is 4. The number of ether oxygens (including phenoxy) is 1. The van der Waals surface area contributed by atoms with E-state index in [1.54, 1.807) is 58.9 Å². The first-order valence-electron chi connectivity index (χ1n) is 18.1. The van der Waals surface area contributed by atoms with E-state index in [0.717, 1.165) is 5.56 Å². The first kappa shape index (κ1) is 42.2. The molecule has 0 aliphatic heterocycles. The summed E-state index contributed by atoms with van der Waals surface area (Å²) in [5, 5.41) is 31.9. The minimum absolute atomic E-state index is 0.00592. The Morgan fingerprint density at radius 2 is 1.19 bits per heavy atom. The Morgan fingerprint density at radius 1 is 0.642 bits per heavy atom. The number of carboxylic acid groups (broad SMARTS) is 1. The molecule has 0 saturated heterocycles. The predicted molar refractivity (Wildman–Crippen MR) is 202 cm³/mol. The van der Waals surface area contributed by atoms with E-state index in [1.165, 1.54) is 0 Å². The summed E-state index contributed by atoms with van der Waals surface area (Å²) in [4.78, 5) is 65.2. The molecule has 0 aliphatic rings. The monoisotopic (exact) mass is 730 g/mol. The van der Waals surface area contributed by atoms with Gasteiger partial charge in [0.05, 0.1) is 25.0 Å². The topological polar surface area (TPSA) is 183 Å². The van der Waals surface area contributed by atoms with E-state index < -0.39 is 60.4 Å². The lowest BCUT2D eigenvalue weighted by atomic mass is 9.95. The SMILES string of the molecule is CC[C@H](C)[C@H](NC(=O)CC(O)C(Cc1ccccc1)NC(=O)[C@@H](NC(=O)Cc1cccc(Oc2ccccc2)c1)C(C)C)C(=O)N[C@H](C(=O)O)C(C)C. The van der Waals surface area contributed by atoms with Crippen molar-refractivity contribution in [2.75, 3.05) is 0 Å². The Labute approximate surface area is 312 Å². The summed E-state index contributed by atoms with van der Waals surface area (Å²) < 4.78 is 5.89. The third-order valence-electron chi connectivity index (χ3n) is 9.04. The summed E-state index contributed by atoms with van der Waals surface area (Å²) >= 11 is 0. The van der Waals surface area contributed by atoms with E-state index in [-0.39, 0.29) is 36.5 Å². The van der Waals surface area contributed by atoms with Crippen molar-refractivity contribution >= 4 is 29.6 Å². The molecule has 6 atom stereocenters. The fourth-order valence-corrected chi connectivity index (χ4v) is 5.74. The van der Waals surface area contributed by atoms with Gasteiger partial charge in [0.25, 0.3) is 0 Å². The average Bonchev–Trinajstić information content (AvgIpc) is 3.11. The smallest absolute Gasteiger partial charge is 0.326 e. The van der Waals surface area contributed by atoms with Crippen molar-refractivity contribution in [2.24, 2.45) is 17.8 Å². The molecule has 0 fully saturated rings. The molecule has 3 rings (SSSR count). The predicted octanol–water partition coefficient (Wildman–Crippen LogP) is 4.40. The van der Waals surface area contributed by atoms with Gasteiger partial charge in [0.15, 0.2) is 0 Å². The number of hydrogen-bond donors (Lipinski definition) is 6.